The highest BCUT2D eigenvalue weighted by atomic mass is 16.5. The third-order valence-corrected chi connectivity index (χ3v) is 3.59. The molecule has 0 aromatic carbocycles. The average molecular weight is 245 g/mol. The van der Waals surface area contributed by atoms with Gasteiger partial charge in [0.15, 0.2) is 0 Å². The van der Waals surface area contributed by atoms with Crippen LogP contribution >= 0.6 is 0 Å². The van der Waals surface area contributed by atoms with Crippen molar-refractivity contribution in [2.75, 3.05) is 13.7 Å². The summed E-state index contributed by atoms with van der Waals surface area (Å²) in [5, 5.41) is 3.56. The fourth-order valence-electron chi connectivity index (χ4n) is 2.59. The van der Waals surface area contributed by atoms with Crippen molar-refractivity contribution in [1.29, 1.82) is 0 Å². The SMILES string of the molecule is COc1ccn2cc(CC3CCCCN3)nc2c1. The minimum atomic E-state index is 0.588. The molecule has 0 spiro atoms. The van der Waals surface area contributed by atoms with Crippen molar-refractivity contribution >= 4 is 5.65 Å². The van der Waals surface area contributed by atoms with Crippen molar-refractivity contribution in [1.82, 2.24) is 14.7 Å². The highest BCUT2D eigenvalue weighted by molar-refractivity contribution is 5.45. The number of pyridine rings is 1. The van der Waals surface area contributed by atoms with Crippen LogP contribution in [-0.2, 0) is 6.42 Å². The Labute approximate surface area is 107 Å². The van der Waals surface area contributed by atoms with Crippen molar-refractivity contribution in [3.05, 3.63) is 30.2 Å². The fourth-order valence-corrected chi connectivity index (χ4v) is 2.59. The van der Waals surface area contributed by atoms with Gasteiger partial charge >= 0.3 is 0 Å². The summed E-state index contributed by atoms with van der Waals surface area (Å²) in [6.07, 6.45) is 9.03. The van der Waals surface area contributed by atoms with Gasteiger partial charge in [-0.1, -0.05) is 6.42 Å². The second kappa shape index (κ2) is 4.98. The van der Waals surface area contributed by atoms with E-state index in [-0.39, 0.29) is 0 Å². The molecule has 1 saturated heterocycles. The maximum atomic E-state index is 5.22. The first-order valence-electron chi connectivity index (χ1n) is 6.60. The Bertz CT molecular complexity index is 529. The number of imidazole rings is 1. The number of fused-ring (bicyclic) bond motifs is 1. The van der Waals surface area contributed by atoms with Crippen molar-refractivity contribution in [3.8, 4) is 5.75 Å². The molecule has 3 heterocycles. The summed E-state index contributed by atoms with van der Waals surface area (Å²) >= 11 is 0. The van der Waals surface area contributed by atoms with E-state index in [1.807, 2.05) is 18.3 Å². The van der Waals surface area contributed by atoms with Gasteiger partial charge in [-0.25, -0.2) is 4.98 Å². The van der Waals surface area contributed by atoms with E-state index in [1.165, 1.54) is 19.3 Å². The summed E-state index contributed by atoms with van der Waals surface area (Å²) in [6.45, 7) is 1.14. The molecule has 1 fully saturated rings. The van der Waals surface area contributed by atoms with Gasteiger partial charge in [0, 0.05) is 30.9 Å². The zero-order valence-electron chi connectivity index (χ0n) is 10.7. The topological polar surface area (TPSA) is 38.6 Å². The minimum Gasteiger partial charge on any atom is -0.497 e. The molecule has 2 aromatic heterocycles. The van der Waals surface area contributed by atoms with Crippen LogP contribution in [0.5, 0.6) is 5.75 Å². The van der Waals surface area contributed by atoms with Crippen LogP contribution in [0.15, 0.2) is 24.5 Å². The van der Waals surface area contributed by atoms with Gasteiger partial charge in [-0.05, 0) is 25.5 Å². The molecule has 0 radical (unpaired) electrons. The second-order valence-corrected chi connectivity index (χ2v) is 4.92. The number of ether oxygens (including phenoxy) is 1. The van der Waals surface area contributed by atoms with E-state index >= 15 is 0 Å². The first-order chi connectivity index (χ1) is 8.85. The van der Waals surface area contributed by atoms with Crippen LogP contribution in [0.3, 0.4) is 0 Å². The summed E-state index contributed by atoms with van der Waals surface area (Å²) in [5.74, 6) is 0.857. The maximum Gasteiger partial charge on any atom is 0.140 e. The Morgan fingerprint density at radius 2 is 2.44 bits per heavy atom. The molecule has 3 rings (SSSR count). The van der Waals surface area contributed by atoms with Crippen LogP contribution < -0.4 is 10.1 Å². The van der Waals surface area contributed by atoms with E-state index in [9.17, 15) is 0 Å². The van der Waals surface area contributed by atoms with Crippen molar-refractivity contribution < 1.29 is 4.74 Å². The third kappa shape index (κ3) is 2.34. The largest absolute Gasteiger partial charge is 0.497 e. The summed E-state index contributed by atoms with van der Waals surface area (Å²) in [7, 11) is 1.68. The Kier molecular flexibility index (Phi) is 3.19. The van der Waals surface area contributed by atoms with E-state index in [0.29, 0.717) is 6.04 Å². The molecule has 1 aliphatic rings. The quantitative estimate of drug-likeness (QED) is 0.899. The van der Waals surface area contributed by atoms with E-state index < -0.39 is 0 Å². The minimum absolute atomic E-state index is 0.588. The molecule has 1 unspecified atom stereocenters. The first kappa shape index (κ1) is 11.5. The second-order valence-electron chi connectivity index (χ2n) is 4.92. The molecule has 0 bridgehead atoms. The number of methoxy groups -OCH3 is 1. The van der Waals surface area contributed by atoms with Crippen LogP contribution in [-0.4, -0.2) is 29.1 Å². The van der Waals surface area contributed by atoms with Gasteiger partial charge in [0.1, 0.15) is 11.4 Å². The van der Waals surface area contributed by atoms with E-state index in [4.69, 9.17) is 4.74 Å². The molecule has 18 heavy (non-hydrogen) atoms. The Morgan fingerprint density at radius 1 is 1.50 bits per heavy atom. The average Bonchev–Trinajstić information content (AvgIpc) is 2.80. The number of nitrogens with one attached hydrogen (secondary N) is 1. The Hall–Kier alpha value is -1.55. The standard InChI is InChI=1S/C14H19N3O/c1-18-13-5-7-17-10-12(16-14(17)9-13)8-11-4-2-3-6-15-11/h5,7,9-11,15H,2-4,6,8H2,1H3. The van der Waals surface area contributed by atoms with Crippen LogP contribution in [0.4, 0.5) is 0 Å². The van der Waals surface area contributed by atoms with Crippen LogP contribution in [0.1, 0.15) is 25.0 Å². The molecule has 0 amide bonds. The molecule has 2 aromatic rings. The first-order valence-corrected chi connectivity index (χ1v) is 6.60. The summed E-state index contributed by atoms with van der Waals surface area (Å²) in [6, 6.07) is 4.51. The molecule has 96 valence electrons. The molecule has 1 N–H and O–H groups in total. The van der Waals surface area contributed by atoms with Gasteiger partial charge in [0.2, 0.25) is 0 Å². The molecule has 0 aliphatic carbocycles. The number of rotatable bonds is 3. The lowest BCUT2D eigenvalue weighted by Crippen LogP contribution is -2.35. The number of aromatic nitrogens is 2. The fraction of sp³-hybridized carbons (Fsp3) is 0.500. The number of piperidine rings is 1. The summed E-state index contributed by atoms with van der Waals surface area (Å²) in [5.41, 5.74) is 2.11. The van der Waals surface area contributed by atoms with Crippen molar-refractivity contribution in [2.45, 2.75) is 31.7 Å². The van der Waals surface area contributed by atoms with Gasteiger partial charge in [-0.2, -0.15) is 0 Å². The molecular weight excluding hydrogens is 226 g/mol. The van der Waals surface area contributed by atoms with Gasteiger partial charge in [-0.15, -0.1) is 0 Å². The maximum absolute atomic E-state index is 5.22. The third-order valence-electron chi connectivity index (χ3n) is 3.59. The van der Waals surface area contributed by atoms with Crippen LogP contribution in [0.2, 0.25) is 0 Å². The zero-order valence-corrected chi connectivity index (χ0v) is 10.7. The normalized spacial score (nSPS) is 20.2. The van der Waals surface area contributed by atoms with Gasteiger partial charge in [0.05, 0.1) is 12.8 Å². The van der Waals surface area contributed by atoms with Gasteiger partial charge in [-0.3, -0.25) is 0 Å². The number of hydrogen-bond donors (Lipinski definition) is 1. The van der Waals surface area contributed by atoms with E-state index in [0.717, 1.165) is 30.1 Å². The summed E-state index contributed by atoms with van der Waals surface area (Å²) < 4.78 is 7.27. The molecule has 4 heteroatoms. The summed E-state index contributed by atoms with van der Waals surface area (Å²) in [4.78, 5) is 4.66. The Balaban J connectivity index is 1.79. The Morgan fingerprint density at radius 3 is 3.22 bits per heavy atom. The molecule has 1 aliphatic heterocycles. The lowest BCUT2D eigenvalue weighted by atomic mass is 10.0. The van der Waals surface area contributed by atoms with Gasteiger partial charge < -0.3 is 14.5 Å². The molecule has 1 atom stereocenters. The van der Waals surface area contributed by atoms with E-state index in [2.05, 4.69) is 20.9 Å². The monoisotopic (exact) mass is 245 g/mol. The predicted molar refractivity (Wildman–Crippen MR) is 71.1 cm³/mol. The lowest BCUT2D eigenvalue weighted by Gasteiger charge is -2.22. The number of nitrogens with zero attached hydrogens (tertiary/aromatic N) is 2. The van der Waals surface area contributed by atoms with Crippen LogP contribution in [0.25, 0.3) is 5.65 Å². The molecule has 4 nitrogen and oxygen atoms in total. The highest BCUT2D eigenvalue weighted by Gasteiger charge is 2.14. The van der Waals surface area contributed by atoms with Crippen molar-refractivity contribution in [3.63, 3.8) is 0 Å². The highest BCUT2D eigenvalue weighted by Crippen LogP contribution is 2.16. The lowest BCUT2D eigenvalue weighted by molar-refractivity contribution is 0.397. The van der Waals surface area contributed by atoms with Gasteiger partial charge in [0.25, 0.3) is 0 Å². The van der Waals surface area contributed by atoms with Crippen molar-refractivity contribution in [2.24, 2.45) is 0 Å². The molecular formula is C14H19N3O. The molecule has 0 saturated carbocycles. The number of hydrogen-bond acceptors (Lipinski definition) is 3. The van der Waals surface area contributed by atoms with Crippen LogP contribution in [0, 0.1) is 0 Å². The smallest absolute Gasteiger partial charge is 0.140 e. The predicted octanol–water partition coefficient (Wildman–Crippen LogP) is 2.03. The zero-order chi connectivity index (χ0) is 12.4. The van der Waals surface area contributed by atoms with E-state index in [1.54, 1.807) is 7.11 Å².